The van der Waals surface area contributed by atoms with Crippen LogP contribution in [0, 0.1) is 0 Å². The van der Waals surface area contributed by atoms with Gasteiger partial charge in [0.15, 0.2) is 0 Å². The van der Waals surface area contributed by atoms with Gasteiger partial charge in [-0.3, -0.25) is 4.98 Å². The molecule has 0 saturated heterocycles. The first-order valence-corrected chi connectivity index (χ1v) is 5.40. The number of nitrogen functional groups attached to an aromatic ring is 1. The Hall–Kier alpha value is -2.42. The van der Waals surface area contributed by atoms with Crippen LogP contribution in [0.15, 0.2) is 54.9 Å². The lowest BCUT2D eigenvalue weighted by Crippen LogP contribution is -1.89. The molecule has 0 aliphatic carbocycles. The maximum Gasteiger partial charge on any atom is 0.123 e. The molecule has 3 aromatic rings. The van der Waals surface area contributed by atoms with E-state index in [0.717, 1.165) is 22.0 Å². The minimum absolute atomic E-state index is 0.538. The number of anilines is 1. The van der Waals surface area contributed by atoms with Gasteiger partial charge in [-0.25, -0.2) is 4.98 Å². The van der Waals surface area contributed by atoms with Crippen molar-refractivity contribution in [2.24, 2.45) is 0 Å². The quantitative estimate of drug-likeness (QED) is 0.687. The van der Waals surface area contributed by atoms with Gasteiger partial charge in [0, 0.05) is 23.3 Å². The van der Waals surface area contributed by atoms with Crippen molar-refractivity contribution in [2.45, 2.75) is 0 Å². The van der Waals surface area contributed by atoms with Crippen molar-refractivity contribution < 1.29 is 0 Å². The van der Waals surface area contributed by atoms with Crippen LogP contribution in [0.25, 0.3) is 22.0 Å². The van der Waals surface area contributed by atoms with Gasteiger partial charge in [-0.2, -0.15) is 0 Å². The molecule has 1 aromatic carbocycles. The number of fused-ring (bicyclic) bond motifs is 1. The molecular weight excluding hydrogens is 210 g/mol. The first-order chi connectivity index (χ1) is 8.33. The minimum Gasteiger partial charge on any atom is -0.384 e. The fourth-order valence-corrected chi connectivity index (χ4v) is 1.83. The summed E-state index contributed by atoms with van der Waals surface area (Å²) in [4.78, 5) is 8.39. The van der Waals surface area contributed by atoms with Crippen molar-refractivity contribution in [1.82, 2.24) is 9.97 Å². The van der Waals surface area contributed by atoms with Crippen LogP contribution in [0.5, 0.6) is 0 Å². The average Bonchev–Trinajstić information content (AvgIpc) is 2.39. The first-order valence-electron chi connectivity index (χ1n) is 5.40. The number of aromatic nitrogens is 2. The van der Waals surface area contributed by atoms with Crippen LogP contribution in [0.3, 0.4) is 0 Å². The van der Waals surface area contributed by atoms with Crippen molar-refractivity contribution in [3.05, 3.63) is 54.9 Å². The van der Waals surface area contributed by atoms with E-state index >= 15 is 0 Å². The molecule has 0 aliphatic rings. The molecule has 2 aromatic heterocycles. The molecule has 0 radical (unpaired) electrons. The Bertz CT molecular complexity index is 660. The number of rotatable bonds is 1. The van der Waals surface area contributed by atoms with Gasteiger partial charge in [0.05, 0.1) is 5.52 Å². The Balaban J connectivity index is 2.14. The van der Waals surface area contributed by atoms with Crippen molar-refractivity contribution >= 4 is 16.7 Å². The lowest BCUT2D eigenvalue weighted by molar-refractivity contribution is 1.34. The molecule has 3 nitrogen and oxygen atoms in total. The third kappa shape index (κ3) is 1.83. The van der Waals surface area contributed by atoms with Crippen LogP contribution < -0.4 is 5.73 Å². The van der Waals surface area contributed by atoms with Gasteiger partial charge in [0.25, 0.3) is 0 Å². The molecule has 82 valence electrons. The lowest BCUT2D eigenvalue weighted by atomic mass is 10.1. The maximum absolute atomic E-state index is 5.57. The van der Waals surface area contributed by atoms with Crippen molar-refractivity contribution in [3.8, 4) is 11.1 Å². The van der Waals surface area contributed by atoms with Gasteiger partial charge in [-0.1, -0.05) is 12.1 Å². The molecule has 0 spiro atoms. The van der Waals surface area contributed by atoms with Crippen molar-refractivity contribution in [3.63, 3.8) is 0 Å². The zero-order valence-electron chi connectivity index (χ0n) is 9.17. The number of benzene rings is 1. The molecule has 0 aliphatic heterocycles. The van der Waals surface area contributed by atoms with Gasteiger partial charge in [0.2, 0.25) is 0 Å². The van der Waals surface area contributed by atoms with Crippen LogP contribution in [-0.4, -0.2) is 9.97 Å². The standard InChI is InChI=1S/C14H11N3/c15-14-6-4-12(9-17-14)10-3-5-13-11(8-10)2-1-7-16-13/h1-9H,(H2,15,17). The second-order valence-electron chi connectivity index (χ2n) is 3.88. The van der Waals surface area contributed by atoms with E-state index < -0.39 is 0 Å². The Morgan fingerprint density at radius 3 is 2.59 bits per heavy atom. The summed E-state index contributed by atoms with van der Waals surface area (Å²) in [6.07, 6.45) is 3.58. The lowest BCUT2D eigenvalue weighted by Gasteiger charge is -2.03. The number of hydrogen-bond acceptors (Lipinski definition) is 3. The van der Waals surface area contributed by atoms with Crippen molar-refractivity contribution in [2.75, 3.05) is 5.73 Å². The molecule has 2 heterocycles. The summed E-state index contributed by atoms with van der Waals surface area (Å²) in [5.41, 5.74) is 8.76. The van der Waals surface area contributed by atoms with E-state index in [9.17, 15) is 0 Å². The SMILES string of the molecule is Nc1ccc(-c2ccc3ncccc3c2)cn1. The van der Waals surface area contributed by atoms with Gasteiger partial charge in [0.1, 0.15) is 5.82 Å². The highest BCUT2D eigenvalue weighted by molar-refractivity contribution is 5.84. The van der Waals surface area contributed by atoms with Crippen LogP contribution in [0.1, 0.15) is 0 Å². The van der Waals surface area contributed by atoms with E-state index in [-0.39, 0.29) is 0 Å². The fourth-order valence-electron chi connectivity index (χ4n) is 1.83. The van der Waals surface area contributed by atoms with E-state index in [0.29, 0.717) is 5.82 Å². The Labute approximate surface area is 98.9 Å². The predicted octanol–water partition coefficient (Wildman–Crippen LogP) is 2.88. The first kappa shape index (κ1) is 9.78. The highest BCUT2D eigenvalue weighted by Gasteiger charge is 2.00. The van der Waals surface area contributed by atoms with Gasteiger partial charge in [-0.15, -0.1) is 0 Å². The minimum atomic E-state index is 0.538. The number of pyridine rings is 2. The fraction of sp³-hybridized carbons (Fsp3) is 0. The molecule has 2 N–H and O–H groups in total. The topological polar surface area (TPSA) is 51.8 Å². The molecule has 17 heavy (non-hydrogen) atoms. The average molecular weight is 221 g/mol. The van der Waals surface area contributed by atoms with E-state index in [1.807, 2.05) is 30.3 Å². The molecular formula is C14H11N3. The molecule has 0 bridgehead atoms. The number of hydrogen-bond donors (Lipinski definition) is 1. The third-order valence-corrected chi connectivity index (χ3v) is 2.72. The molecule has 0 unspecified atom stereocenters. The Morgan fingerprint density at radius 2 is 1.76 bits per heavy atom. The third-order valence-electron chi connectivity index (χ3n) is 2.72. The maximum atomic E-state index is 5.57. The van der Waals surface area contributed by atoms with E-state index in [2.05, 4.69) is 22.1 Å². The Kier molecular flexibility index (Phi) is 2.22. The van der Waals surface area contributed by atoms with Crippen molar-refractivity contribution in [1.29, 1.82) is 0 Å². The summed E-state index contributed by atoms with van der Waals surface area (Å²) in [6, 6.07) is 13.9. The number of nitrogens with zero attached hydrogens (tertiary/aromatic N) is 2. The summed E-state index contributed by atoms with van der Waals surface area (Å²) in [5.74, 6) is 0.538. The van der Waals surface area contributed by atoms with E-state index in [1.54, 1.807) is 12.4 Å². The zero-order chi connectivity index (χ0) is 11.7. The molecule has 0 atom stereocenters. The van der Waals surface area contributed by atoms with Gasteiger partial charge in [-0.05, 0) is 35.9 Å². The summed E-state index contributed by atoms with van der Waals surface area (Å²) in [6.45, 7) is 0. The second kappa shape index (κ2) is 3.87. The molecule has 0 fully saturated rings. The predicted molar refractivity (Wildman–Crippen MR) is 69.4 cm³/mol. The highest BCUT2D eigenvalue weighted by atomic mass is 14.8. The normalized spacial score (nSPS) is 10.6. The van der Waals surface area contributed by atoms with E-state index in [4.69, 9.17) is 5.73 Å². The van der Waals surface area contributed by atoms with Crippen LogP contribution >= 0.6 is 0 Å². The summed E-state index contributed by atoms with van der Waals surface area (Å²) >= 11 is 0. The summed E-state index contributed by atoms with van der Waals surface area (Å²) in [5, 5.41) is 1.13. The molecule has 0 saturated carbocycles. The van der Waals surface area contributed by atoms with Gasteiger partial charge >= 0.3 is 0 Å². The molecule has 0 amide bonds. The second-order valence-corrected chi connectivity index (χ2v) is 3.88. The van der Waals surface area contributed by atoms with Gasteiger partial charge < -0.3 is 5.73 Å². The van der Waals surface area contributed by atoms with E-state index in [1.165, 1.54) is 0 Å². The summed E-state index contributed by atoms with van der Waals surface area (Å²) < 4.78 is 0. The Morgan fingerprint density at radius 1 is 0.882 bits per heavy atom. The molecule has 3 rings (SSSR count). The largest absolute Gasteiger partial charge is 0.384 e. The van der Waals surface area contributed by atoms with Crippen LogP contribution in [0.2, 0.25) is 0 Å². The number of nitrogens with two attached hydrogens (primary N) is 1. The van der Waals surface area contributed by atoms with Crippen LogP contribution in [-0.2, 0) is 0 Å². The molecule has 3 heteroatoms. The van der Waals surface area contributed by atoms with Crippen LogP contribution in [0.4, 0.5) is 5.82 Å². The summed E-state index contributed by atoms with van der Waals surface area (Å²) in [7, 11) is 0. The zero-order valence-corrected chi connectivity index (χ0v) is 9.17. The highest BCUT2D eigenvalue weighted by Crippen LogP contribution is 2.23. The monoisotopic (exact) mass is 221 g/mol. The smallest absolute Gasteiger partial charge is 0.123 e.